The van der Waals surface area contributed by atoms with Crippen molar-refractivity contribution in [3.8, 4) is 45.3 Å². The molecule has 2 saturated heterocycles. The Morgan fingerprint density at radius 1 is 0.478 bits per heavy atom. The number of nitrogens with zero attached hydrogens (tertiary/aromatic N) is 13. The minimum atomic E-state index is -0.964. The minimum Gasteiger partial charge on any atom is -0.491 e. The SMILES string of the molecule is CO.Cc1cc(-c2ccccc2)c(C(=O)C(=O)Cl)n1C.Cc1cc(C)nc(Br)c1.Cc1cc(C)nc(N2CCCOc3cc(N)ccc3NCC2)c1.Cc1cc(C)nc(N2CCCOc3cc([N+](=O)[O-])ccc3NCC2)c1.Cc1cc(C)nc(N2CCN3c4ccc(NC(=O)C(=O)c5c(-c6ccccc6)cc(C)n5C)cc4OCC3C2)c1.O=[N+]([O-])c1ccc2c(c1)OCC1CNCCN21. The number of aromatic nitrogens is 6. The summed E-state index contributed by atoms with van der Waals surface area (Å²) in [5.41, 5.74) is 25.8. The first-order valence-corrected chi connectivity index (χ1v) is 45.6. The van der Waals surface area contributed by atoms with E-state index in [0.29, 0.717) is 73.3 Å². The van der Waals surface area contributed by atoms with Gasteiger partial charge in [-0.3, -0.25) is 39.4 Å². The van der Waals surface area contributed by atoms with Gasteiger partial charge in [0.25, 0.3) is 34.1 Å². The number of rotatable bonds is 12. The second kappa shape index (κ2) is 46.4. The molecule has 2 unspecified atom stereocenters. The lowest BCUT2D eigenvalue weighted by molar-refractivity contribution is -0.385. The Kier molecular flexibility index (Phi) is 34.3. The van der Waals surface area contributed by atoms with Crippen LogP contribution in [-0.4, -0.2) is 191 Å². The van der Waals surface area contributed by atoms with Crippen LogP contribution in [0.15, 0.2) is 199 Å². The van der Waals surface area contributed by atoms with Crippen molar-refractivity contribution in [2.75, 3.05) is 158 Å². The van der Waals surface area contributed by atoms with Gasteiger partial charge in [0.2, 0.25) is 0 Å². The predicted molar refractivity (Wildman–Crippen MR) is 533 cm³/mol. The number of piperazine rings is 2. The number of nitrogens with two attached hydrogens (primary N) is 1. The number of hydrogen-bond acceptors (Lipinski definition) is 26. The summed E-state index contributed by atoms with van der Waals surface area (Å²) >= 11 is 8.60. The van der Waals surface area contributed by atoms with Crippen LogP contribution in [0.4, 0.5) is 63.0 Å². The largest absolute Gasteiger partial charge is 0.491 e. The molecule has 6 aliphatic rings. The molecule has 6 aromatic carbocycles. The second-order valence-corrected chi connectivity index (χ2v) is 34.5. The fourth-order valence-corrected chi connectivity index (χ4v) is 17.5. The number of pyridine rings is 4. The highest BCUT2D eigenvalue weighted by Gasteiger charge is 2.36. The summed E-state index contributed by atoms with van der Waals surface area (Å²) in [6, 6.07) is 61.0. The van der Waals surface area contributed by atoms with Gasteiger partial charge in [-0.2, -0.15) is 0 Å². The van der Waals surface area contributed by atoms with Gasteiger partial charge in [0.1, 0.15) is 69.7 Å². The van der Waals surface area contributed by atoms with Crippen LogP contribution in [0.25, 0.3) is 22.3 Å². The molecule has 0 spiro atoms. The summed E-state index contributed by atoms with van der Waals surface area (Å²) in [6.07, 6.45) is 1.76. The molecular weight excluding hydrogens is 1790 g/mol. The van der Waals surface area contributed by atoms with Gasteiger partial charge in [0.15, 0.2) is 0 Å². The molecular formula is C101H116BrClN18O13. The van der Waals surface area contributed by atoms with Crippen LogP contribution < -0.4 is 70.4 Å². The van der Waals surface area contributed by atoms with Gasteiger partial charge in [-0.1, -0.05) is 60.7 Å². The molecule has 2 fully saturated rings. The van der Waals surface area contributed by atoms with Crippen molar-refractivity contribution in [1.29, 1.82) is 0 Å². The number of non-ortho nitro benzene ring substituents is 2. The molecule has 6 aliphatic heterocycles. The highest BCUT2D eigenvalue weighted by atomic mass is 79.9. The van der Waals surface area contributed by atoms with E-state index in [1.165, 1.54) is 46.5 Å². The number of hydrogen-bond donors (Lipinski definition) is 6. The van der Waals surface area contributed by atoms with Crippen molar-refractivity contribution in [3.63, 3.8) is 0 Å². The van der Waals surface area contributed by atoms with Gasteiger partial charge in [0.05, 0.1) is 70.0 Å². The van der Waals surface area contributed by atoms with Crippen molar-refractivity contribution in [3.05, 3.63) is 287 Å². The van der Waals surface area contributed by atoms with Crippen LogP contribution in [0, 0.1) is 89.5 Å². The Hall–Kier alpha value is -14.0. The Morgan fingerprint density at radius 2 is 0.925 bits per heavy atom. The lowest BCUT2D eigenvalue weighted by Crippen LogP contribution is -2.57. The highest BCUT2D eigenvalue weighted by molar-refractivity contribution is 9.10. The quantitative estimate of drug-likeness (QED) is 0.0126. The molecule has 134 heavy (non-hydrogen) atoms. The number of fused-ring (bicyclic) bond motifs is 8. The third-order valence-corrected chi connectivity index (χ3v) is 23.7. The molecule has 31 nitrogen and oxygen atoms in total. The van der Waals surface area contributed by atoms with E-state index in [4.69, 9.17) is 46.4 Å². The van der Waals surface area contributed by atoms with Crippen molar-refractivity contribution in [2.24, 2.45) is 14.1 Å². The Labute approximate surface area is 794 Å². The van der Waals surface area contributed by atoms with Gasteiger partial charge in [-0.25, -0.2) is 19.9 Å². The molecule has 33 heteroatoms. The maximum Gasteiger partial charge on any atom is 0.298 e. The zero-order valence-electron chi connectivity index (χ0n) is 77.9. The molecule has 6 aromatic heterocycles. The number of nitro benzene ring substituents is 2. The number of nitrogens with one attached hydrogen (secondary N) is 4. The fourth-order valence-electron chi connectivity index (χ4n) is 16.8. The number of amides is 1. The predicted octanol–water partition coefficient (Wildman–Crippen LogP) is 17.0. The fraction of sp³-hybridized carbons (Fsp3) is 0.327. The summed E-state index contributed by atoms with van der Waals surface area (Å²) in [7, 11) is 4.55. The molecule has 1 amide bonds. The molecule has 0 aliphatic carbocycles. The second-order valence-electron chi connectivity index (χ2n) is 33.4. The lowest BCUT2D eigenvalue weighted by Gasteiger charge is -2.46. The molecule has 12 heterocycles. The van der Waals surface area contributed by atoms with Gasteiger partial charge in [0, 0.05) is 181 Å². The van der Waals surface area contributed by atoms with Crippen LogP contribution in [0.2, 0.25) is 0 Å². The van der Waals surface area contributed by atoms with Crippen LogP contribution in [0.3, 0.4) is 0 Å². The van der Waals surface area contributed by atoms with E-state index in [2.05, 4.69) is 141 Å². The number of carbonyl (C=O) groups is 4. The summed E-state index contributed by atoms with van der Waals surface area (Å²) in [5, 5.41) is 40.5. The number of ether oxygens (including phenoxy) is 4. The number of ketones is 2. The molecule has 702 valence electrons. The van der Waals surface area contributed by atoms with Crippen LogP contribution in [-0.2, 0) is 23.7 Å². The first-order valence-electron chi connectivity index (χ1n) is 44.4. The Morgan fingerprint density at radius 3 is 1.43 bits per heavy atom. The van der Waals surface area contributed by atoms with E-state index in [-0.39, 0.29) is 17.4 Å². The van der Waals surface area contributed by atoms with Crippen molar-refractivity contribution >= 4 is 113 Å². The molecule has 18 rings (SSSR count). The van der Waals surface area contributed by atoms with E-state index in [9.17, 15) is 39.4 Å². The monoisotopic (exact) mass is 1900 g/mol. The van der Waals surface area contributed by atoms with E-state index in [1.807, 2.05) is 163 Å². The number of nitro groups is 2. The number of anilines is 9. The number of carbonyl (C=O) groups excluding carboxylic acids is 4. The first kappa shape index (κ1) is 99.1. The van der Waals surface area contributed by atoms with Gasteiger partial charge >= 0.3 is 0 Å². The van der Waals surface area contributed by atoms with E-state index in [1.54, 1.807) is 35.4 Å². The molecule has 0 radical (unpaired) electrons. The number of aryl methyl sites for hydroxylation is 10. The standard InChI is InChI=1S/C32H33N5O3.C18H22N4O3.C18H24N4O.C14H12ClNO2.C11H13N3O3.C7H8BrN.CH4O/c1-20-14-21(2)33-29(15-20)36-12-13-37-25(18-36)19-40-28-17-24(10-11-27(28)37)34-32(39)31(38)30-26(16-22(3)35(30)4)23-8-6-5-7-9-23;1-13-10-14(2)20-18(11-13)21-7-3-9-25-17-12-15(22(23)24)4-5-16(17)19-6-8-21;1-13-10-14(2)21-18(11-13)22-7-3-9-23-17-12-15(19)4-5-16(17)20-6-8-22;1-9-8-11(10-6-4-3-5-7-10)12(16(9)2)13(17)14(15)18;15-14(16)8-1-2-10-11(5-8)17-7-9-6-12-3-4-13(9)10;1-5-3-6(2)9-7(8)4-5;1-2/h5-11,14-17,25H,12-13,18-19H2,1-4H3,(H,34,39);4-5,10-12,19H,3,6-9H2,1-2H3;4-5,10-12,20H,3,6-9,19H2,1-2H3;3-8H,1-2H3;1-2,5,9,12H,3-4,6-7H2;3-4H,1-2H3;2H,1H3. The maximum atomic E-state index is 13.4. The molecule has 7 N–H and O–H groups in total. The third-order valence-electron chi connectivity index (χ3n) is 23.1. The smallest absolute Gasteiger partial charge is 0.298 e. The number of halogens is 2. The number of benzene rings is 6. The number of nitrogen functional groups attached to an aromatic ring is 1. The lowest BCUT2D eigenvalue weighted by atomic mass is 10.0. The average molecular weight is 1910 g/mol. The Balaban J connectivity index is 0.000000151. The molecule has 12 aromatic rings. The van der Waals surface area contributed by atoms with E-state index < -0.39 is 32.6 Å². The first-order chi connectivity index (χ1) is 64.4. The van der Waals surface area contributed by atoms with Gasteiger partial charge < -0.3 is 84.7 Å². The van der Waals surface area contributed by atoms with Crippen molar-refractivity contribution < 1.29 is 53.1 Å². The molecule has 0 saturated carbocycles. The third kappa shape index (κ3) is 25.9. The van der Waals surface area contributed by atoms with Crippen LogP contribution in [0.5, 0.6) is 23.0 Å². The zero-order valence-corrected chi connectivity index (χ0v) is 80.2. The summed E-state index contributed by atoms with van der Waals surface area (Å²) in [4.78, 5) is 100. The highest BCUT2D eigenvalue weighted by Crippen LogP contribution is 2.41. The van der Waals surface area contributed by atoms with E-state index in [0.717, 1.165) is 205 Å². The number of aliphatic hydroxyl groups excluding tert-OH is 1. The minimum absolute atomic E-state index is 0.0404. The maximum absolute atomic E-state index is 13.4. The summed E-state index contributed by atoms with van der Waals surface area (Å²) in [6.45, 7) is 32.7. The van der Waals surface area contributed by atoms with Crippen molar-refractivity contribution in [1.82, 2.24) is 34.4 Å². The van der Waals surface area contributed by atoms with Gasteiger partial charge in [-0.05, 0) is 240 Å². The average Bonchev–Trinajstić information content (AvgIpc) is 1.66. The van der Waals surface area contributed by atoms with Gasteiger partial charge in [-0.15, -0.1) is 0 Å². The Bertz CT molecular complexity index is 6070. The normalized spacial score (nSPS) is 15.1. The zero-order chi connectivity index (χ0) is 96.0. The number of aliphatic hydroxyl groups is 1. The molecule has 0 bridgehead atoms. The molecule has 2 atom stereocenters. The summed E-state index contributed by atoms with van der Waals surface area (Å²) < 4.78 is 27.8. The van der Waals surface area contributed by atoms with E-state index >= 15 is 0 Å². The van der Waals surface area contributed by atoms with Crippen molar-refractivity contribution in [2.45, 2.75) is 94.2 Å². The summed E-state index contributed by atoms with van der Waals surface area (Å²) in [5.74, 6) is 3.80. The van der Waals surface area contributed by atoms with Crippen LogP contribution >= 0.6 is 27.5 Å². The number of Topliss-reactive ketones (excluding diaryl/α,β-unsaturated/α-hetero) is 2. The van der Waals surface area contributed by atoms with Crippen LogP contribution in [0.1, 0.15) is 90.2 Å². The topological polar surface area (TPSA) is 363 Å².